The smallest absolute Gasteiger partial charge is 0.269 e. The second-order valence-electron chi connectivity index (χ2n) is 11.3. The van der Waals surface area contributed by atoms with Gasteiger partial charge < -0.3 is 32.8 Å². The summed E-state index contributed by atoms with van der Waals surface area (Å²) in [5.41, 5.74) is -0.0897. The Hall–Kier alpha value is -5.06. The number of non-ortho nitro benzene ring substituents is 1. The fourth-order valence-electron chi connectivity index (χ4n) is 5.85. The standard InChI is InChI=1S/C34H39N3O12S/c1-7-8-29(35-13-15-36(16-14-35)50(41,42)24-11-9-22(10-12-24)37(39)40)49-34-31(38)30-25(44-3)19-23(43-2)20-26(30)48-32(34)21-17-27(45-4)33(47-6)28(18-21)46-5/h9-12,17-20,29H,7-8,13-16H2,1-6H3. The molecule has 4 aromatic rings. The second kappa shape index (κ2) is 15.2. The Kier molecular flexibility index (Phi) is 11.0. The first-order valence-corrected chi connectivity index (χ1v) is 17.1. The van der Waals surface area contributed by atoms with Gasteiger partial charge in [-0.2, -0.15) is 4.31 Å². The summed E-state index contributed by atoms with van der Waals surface area (Å²) in [4.78, 5) is 26.8. The molecular weight excluding hydrogens is 674 g/mol. The molecule has 2 heterocycles. The molecule has 0 radical (unpaired) electrons. The van der Waals surface area contributed by atoms with Crippen molar-refractivity contribution in [1.82, 2.24) is 9.21 Å². The van der Waals surface area contributed by atoms with Gasteiger partial charge in [0.2, 0.25) is 27.0 Å². The predicted molar refractivity (Wildman–Crippen MR) is 183 cm³/mol. The Morgan fingerprint density at radius 3 is 1.98 bits per heavy atom. The molecule has 1 aliphatic heterocycles. The van der Waals surface area contributed by atoms with E-state index in [-0.39, 0.29) is 65.0 Å². The highest BCUT2D eigenvalue weighted by Crippen LogP contribution is 2.44. The Balaban J connectivity index is 1.55. The third kappa shape index (κ3) is 6.99. The first kappa shape index (κ1) is 36.2. The normalized spacial score (nSPS) is 14.6. The summed E-state index contributed by atoms with van der Waals surface area (Å²) in [6.45, 7) is 2.81. The van der Waals surface area contributed by atoms with E-state index in [1.807, 2.05) is 11.8 Å². The van der Waals surface area contributed by atoms with Crippen LogP contribution in [0.5, 0.6) is 34.5 Å². The number of piperazine rings is 1. The molecule has 1 aromatic heterocycles. The van der Waals surface area contributed by atoms with Crippen molar-refractivity contribution < 1.29 is 46.2 Å². The molecule has 5 rings (SSSR count). The maximum Gasteiger partial charge on any atom is 0.269 e. The largest absolute Gasteiger partial charge is 0.496 e. The van der Waals surface area contributed by atoms with E-state index in [2.05, 4.69) is 0 Å². The minimum absolute atomic E-state index is 0.0350. The Morgan fingerprint density at radius 1 is 0.840 bits per heavy atom. The summed E-state index contributed by atoms with van der Waals surface area (Å²) in [5, 5.41) is 11.2. The third-order valence-electron chi connectivity index (χ3n) is 8.43. The van der Waals surface area contributed by atoms with E-state index < -0.39 is 26.6 Å². The minimum atomic E-state index is -3.91. The predicted octanol–water partition coefficient (Wildman–Crippen LogP) is 4.92. The van der Waals surface area contributed by atoms with Crippen LogP contribution in [0.4, 0.5) is 5.69 Å². The molecule has 1 atom stereocenters. The maximum absolute atomic E-state index is 14.4. The molecule has 16 heteroatoms. The van der Waals surface area contributed by atoms with Crippen molar-refractivity contribution in [1.29, 1.82) is 0 Å². The maximum atomic E-state index is 14.4. The van der Waals surface area contributed by atoms with Gasteiger partial charge in [0.05, 0.1) is 45.4 Å². The van der Waals surface area contributed by atoms with Crippen LogP contribution in [-0.2, 0) is 10.0 Å². The van der Waals surface area contributed by atoms with Crippen LogP contribution in [0.25, 0.3) is 22.3 Å². The van der Waals surface area contributed by atoms with Crippen LogP contribution in [0, 0.1) is 10.1 Å². The van der Waals surface area contributed by atoms with Crippen molar-refractivity contribution >= 4 is 26.7 Å². The van der Waals surface area contributed by atoms with Crippen molar-refractivity contribution in [3.63, 3.8) is 0 Å². The number of hydrogen-bond acceptors (Lipinski definition) is 13. The molecule has 1 fully saturated rings. The van der Waals surface area contributed by atoms with Crippen molar-refractivity contribution in [2.75, 3.05) is 61.7 Å². The van der Waals surface area contributed by atoms with Crippen molar-refractivity contribution in [2.45, 2.75) is 30.9 Å². The molecule has 0 aliphatic carbocycles. The number of ether oxygens (including phenoxy) is 6. The van der Waals surface area contributed by atoms with Crippen LogP contribution in [0.1, 0.15) is 19.8 Å². The highest BCUT2D eigenvalue weighted by atomic mass is 32.2. The van der Waals surface area contributed by atoms with Gasteiger partial charge in [-0.3, -0.25) is 19.8 Å². The van der Waals surface area contributed by atoms with E-state index in [9.17, 15) is 23.3 Å². The molecule has 0 bridgehead atoms. The second-order valence-corrected chi connectivity index (χ2v) is 13.2. The van der Waals surface area contributed by atoms with Gasteiger partial charge in [-0.1, -0.05) is 13.3 Å². The zero-order chi connectivity index (χ0) is 36.2. The Morgan fingerprint density at radius 2 is 1.46 bits per heavy atom. The number of rotatable bonds is 14. The molecule has 15 nitrogen and oxygen atoms in total. The van der Waals surface area contributed by atoms with E-state index in [0.29, 0.717) is 41.4 Å². The van der Waals surface area contributed by atoms with Gasteiger partial charge >= 0.3 is 0 Å². The number of nitrogens with zero attached hydrogens (tertiary/aromatic N) is 3. The summed E-state index contributed by atoms with van der Waals surface area (Å²) in [6.07, 6.45) is 0.543. The molecule has 0 N–H and O–H groups in total. The zero-order valence-electron chi connectivity index (χ0n) is 28.6. The summed E-state index contributed by atoms with van der Waals surface area (Å²) in [6, 6.07) is 11.3. The SMILES string of the molecule is CCCC(Oc1c(-c2cc(OC)c(OC)c(OC)c2)oc2cc(OC)cc(OC)c2c1=O)N1CCN(S(=O)(=O)c2ccc([N+](=O)[O-])cc2)CC1. The first-order chi connectivity index (χ1) is 24.0. The number of hydrogen-bond donors (Lipinski definition) is 0. The van der Waals surface area contributed by atoms with Gasteiger partial charge in [0.25, 0.3) is 5.69 Å². The number of fused-ring (bicyclic) bond motifs is 1. The van der Waals surface area contributed by atoms with Crippen LogP contribution in [-0.4, -0.2) is 90.5 Å². The number of benzene rings is 3. The lowest BCUT2D eigenvalue weighted by atomic mass is 10.1. The van der Waals surface area contributed by atoms with Crippen molar-refractivity contribution in [3.05, 3.63) is 68.9 Å². The lowest BCUT2D eigenvalue weighted by Gasteiger charge is -2.38. The zero-order valence-corrected chi connectivity index (χ0v) is 29.4. The average Bonchev–Trinajstić information content (AvgIpc) is 3.14. The summed E-state index contributed by atoms with van der Waals surface area (Å²) in [7, 11) is 3.45. The molecule has 50 heavy (non-hydrogen) atoms. The van der Waals surface area contributed by atoms with Gasteiger partial charge in [-0.15, -0.1) is 0 Å². The molecule has 3 aromatic carbocycles. The number of nitro groups is 1. The highest BCUT2D eigenvalue weighted by molar-refractivity contribution is 7.89. The van der Waals surface area contributed by atoms with E-state index in [1.165, 1.54) is 64.1 Å². The number of methoxy groups -OCH3 is 5. The van der Waals surface area contributed by atoms with Crippen molar-refractivity contribution in [3.8, 4) is 45.8 Å². The lowest BCUT2D eigenvalue weighted by Crippen LogP contribution is -2.53. The Labute approximate surface area is 289 Å². The van der Waals surface area contributed by atoms with E-state index in [4.69, 9.17) is 32.8 Å². The molecule has 1 aliphatic rings. The summed E-state index contributed by atoms with van der Waals surface area (Å²) in [5.74, 6) is 1.65. The average molecular weight is 714 g/mol. The van der Waals surface area contributed by atoms with E-state index >= 15 is 0 Å². The van der Waals surface area contributed by atoms with Crippen molar-refractivity contribution in [2.24, 2.45) is 0 Å². The summed E-state index contributed by atoms with van der Waals surface area (Å²) >= 11 is 0. The van der Waals surface area contributed by atoms with E-state index in [1.54, 1.807) is 24.3 Å². The minimum Gasteiger partial charge on any atom is -0.496 e. The van der Waals surface area contributed by atoms with Crippen LogP contribution >= 0.6 is 0 Å². The number of nitro benzene ring substituents is 1. The molecule has 1 saturated heterocycles. The molecule has 0 saturated carbocycles. The molecule has 1 unspecified atom stereocenters. The van der Waals surface area contributed by atoms with Gasteiger partial charge in [-0.05, 0) is 30.7 Å². The Bertz CT molecular complexity index is 2000. The monoisotopic (exact) mass is 713 g/mol. The lowest BCUT2D eigenvalue weighted by molar-refractivity contribution is -0.384. The first-order valence-electron chi connectivity index (χ1n) is 15.7. The summed E-state index contributed by atoms with van der Waals surface area (Å²) < 4.78 is 68.8. The van der Waals surface area contributed by atoms with Gasteiger partial charge in [0.1, 0.15) is 22.5 Å². The van der Waals surface area contributed by atoms with Gasteiger partial charge in [-0.25, -0.2) is 8.42 Å². The molecule has 268 valence electrons. The van der Waals surface area contributed by atoms with Gasteiger partial charge in [0, 0.05) is 56.0 Å². The number of sulfonamides is 1. The van der Waals surface area contributed by atoms with Crippen LogP contribution in [0.3, 0.4) is 0 Å². The molecule has 0 spiro atoms. The fourth-order valence-corrected chi connectivity index (χ4v) is 7.27. The third-order valence-corrected chi connectivity index (χ3v) is 10.3. The highest BCUT2D eigenvalue weighted by Gasteiger charge is 2.34. The fraction of sp³-hybridized carbons (Fsp3) is 0.382. The van der Waals surface area contributed by atoms with Crippen LogP contribution < -0.4 is 33.8 Å². The van der Waals surface area contributed by atoms with Crippen LogP contribution in [0.15, 0.2) is 62.6 Å². The molecule has 0 amide bonds. The van der Waals surface area contributed by atoms with Gasteiger partial charge in [0.15, 0.2) is 23.5 Å². The van der Waals surface area contributed by atoms with E-state index in [0.717, 1.165) is 0 Å². The van der Waals surface area contributed by atoms with Crippen LogP contribution in [0.2, 0.25) is 0 Å². The quantitative estimate of drug-likeness (QED) is 0.128. The topological polar surface area (TPSA) is 169 Å². The molecular formula is C34H39N3O12S.